The third kappa shape index (κ3) is 7.34. The van der Waals surface area contributed by atoms with E-state index in [1.54, 1.807) is 22.3 Å². The number of allylic oxidation sites excluding steroid dienone is 4. The summed E-state index contributed by atoms with van der Waals surface area (Å²) in [5.41, 5.74) is 8.25. The molecule has 0 N–H and O–H groups in total. The van der Waals surface area contributed by atoms with Crippen molar-refractivity contribution in [1.82, 2.24) is 0 Å². The van der Waals surface area contributed by atoms with Crippen molar-refractivity contribution in [2.75, 3.05) is 0 Å². The third-order valence-electron chi connectivity index (χ3n) is 8.13. The Morgan fingerprint density at radius 3 is 2.12 bits per heavy atom. The first kappa shape index (κ1) is 26.3. The van der Waals surface area contributed by atoms with Crippen LogP contribution in [0.4, 0.5) is 0 Å². The molecule has 2 aliphatic rings. The van der Waals surface area contributed by atoms with Crippen LogP contribution in [0.5, 0.6) is 0 Å². The van der Waals surface area contributed by atoms with Gasteiger partial charge in [-0.15, -0.1) is 0 Å². The van der Waals surface area contributed by atoms with Crippen LogP contribution in [0.25, 0.3) is 0 Å². The molecule has 2 unspecified atom stereocenters. The van der Waals surface area contributed by atoms with Crippen LogP contribution in [0, 0.1) is 23.2 Å². The molecule has 0 amide bonds. The lowest BCUT2D eigenvalue weighted by molar-refractivity contribution is 0.276. The molecule has 1 aromatic carbocycles. The van der Waals surface area contributed by atoms with Crippen molar-refractivity contribution in [3.05, 3.63) is 58.2 Å². The maximum absolute atomic E-state index is 2.62. The van der Waals surface area contributed by atoms with Gasteiger partial charge >= 0.3 is 0 Å². The van der Waals surface area contributed by atoms with E-state index in [9.17, 15) is 0 Å². The van der Waals surface area contributed by atoms with E-state index < -0.39 is 0 Å². The van der Waals surface area contributed by atoms with Crippen molar-refractivity contribution >= 4 is 0 Å². The smallest absolute Gasteiger partial charge is 0.00578 e. The van der Waals surface area contributed by atoms with Crippen molar-refractivity contribution < 1.29 is 0 Å². The number of hydrogen-bond acceptors (Lipinski definition) is 0. The van der Waals surface area contributed by atoms with Gasteiger partial charge in [-0.25, -0.2) is 0 Å². The standard InChI is InChI=1S/C33H52/c1-23(2)18-25(5)28-15-17-31(32(19-24(3)4)27-12-10-9-11-13-27)29(22-28)20-26-14-16-30(21-26)33(6,7)8/h15-17,21-25,27,32H,9-14,18-20H2,1-8H3. The van der Waals surface area contributed by atoms with Gasteiger partial charge in [0.25, 0.3) is 0 Å². The molecule has 0 saturated heterocycles. The van der Waals surface area contributed by atoms with E-state index in [1.165, 1.54) is 50.5 Å². The van der Waals surface area contributed by atoms with Crippen molar-refractivity contribution in [1.29, 1.82) is 0 Å². The molecule has 184 valence electrons. The predicted molar refractivity (Wildman–Crippen MR) is 147 cm³/mol. The highest BCUT2D eigenvalue weighted by molar-refractivity contribution is 5.43. The summed E-state index contributed by atoms with van der Waals surface area (Å²) in [6.07, 6.45) is 17.0. The van der Waals surface area contributed by atoms with E-state index in [-0.39, 0.29) is 5.41 Å². The van der Waals surface area contributed by atoms with E-state index in [0.717, 1.165) is 36.5 Å². The van der Waals surface area contributed by atoms with E-state index in [4.69, 9.17) is 0 Å². The largest absolute Gasteiger partial charge is 0.0767 e. The van der Waals surface area contributed by atoms with Gasteiger partial charge in [-0.05, 0) is 95.8 Å². The van der Waals surface area contributed by atoms with Crippen LogP contribution in [0.3, 0.4) is 0 Å². The molecule has 0 nitrogen and oxygen atoms in total. The first-order chi connectivity index (χ1) is 15.5. The fourth-order valence-corrected chi connectivity index (χ4v) is 6.38. The van der Waals surface area contributed by atoms with Gasteiger partial charge in [0.1, 0.15) is 0 Å². The van der Waals surface area contributed by atoms with Gasteiger partial charge in [-0.2, -0.15) is 0 Å². The molecule has 0 spiro atoms. The van der Waals surface area contributed by atoms with Gasteiger partial charge in [-0.1, -0.05) is 111 Å². The zero-order valence-corrected chi connectivity index (χ0v) is 23.1. The topological polar surface area (TPSA) is 0 Å². The van der Waals surface area contributed by atoms with Crippen LogP contribution in [-0.2, 0) is 6.42 Å². The maximum Gasteiger partial charge on any atom is -0.00578 e. The van der Waals surface area contributed by atoms with Crippen LogP contribution in [-0.4, -0.2) is 0 Å². The summed E-state index contributed by atoms with van der Waals surface area (Å²) in [6, 6.07) is 7.68. The second-order valence-electron chi connectivity index (χ2n) is 13.2. The Morgan fingerprint density at radius 1 is 0.879 bits per heavy atom. The average Bonchev–Trinajstić information content (AvgIpc) is 3.21. The van der Waals surface area contributed by atoms with Gasteiger partial charge in [0, 0.05) is 0 Å². The summed E-state index contributed by atoms with van der Waals surface area (Å²) >= 11 is 0. The van der Waals surface area contributed by atoms with E-state index in [0.29, 0.717) is 5.92 Å². The monoisotopic (exact) mass is 448 g/mol. The summed E-state index contributed by atoms with van der Waals surface area (Å²) in [7, 11) is 0. The van der Waals surface area contributed by atoms with Crippen LogP contribution in [0.15, 0.2) is 41.5 Å². The molecule has 2 aliphatic carbocycles. The Hall–Kier alpha value is -1.30. The van der Waals surface area contributed by atoms with Crippen LogP contribution in [0.2, 0.25) is 0 Å². The lowest BCUT2D eigenvalue weighted by atomic mass is 9.71. The minimum atomic E-state index is 0.250. The SMILES string of the molecule is CC(C)CC(C)c1ccc(C(CC(C)C)C2CCCCC2)c(CC2=CC(C(C)(C)C)=CC2)c1. The molecule has 1 aromatic rings. The minimum absolute atomic E-state index is 0.250. The molecule has 0 bridgehead atoms. The fraction of sp³-hybridized carbons (Fsp3) is 0.697. The van der Waals surface area contributed by atoms with Crippen LogP contribution in [0.1, 0.15) is 135 Å². The Labute approximate surface area is 206 Å². The molecule has 0 heteroatoms. The van der Waals surface area contributed by atoms with Gasteiger partial charge in [0.15, 0.2) is 0 Å². The summed E-state index contributed by atoms with van der Waals surface area (Å²) in [4.78, 5) is 0. The van der Waals surface area contributed by atoms with Gasteiger partial charge in [0.2, 0.25) is 0 Å². The molecular formula is C33H52. The average molecular weight is 449 g/mol. The van der Waals surface area contributed by atoms with E-state index >= 15 is 0 Å². The van der Waals surface area contributed by atoms with Gasteiger partial charge < -0.3 is 0 Å². The first-order valence-electron chi connectivity index (χ1n) is 14.1. The molecule has 0 aromatic heterocycles. The highest BCUT2D eigenvalue weighted by Gasteiger charge is 2.28. The Kier molecular flexibility index (Phi) is 9.10. The quantitative estimate of drug-likeness (QED) is 0.352. The molecule has 0 radical (unpaired) electrons. The Bertz CT molecular complexity index is 820. The van der Waals surface area contributed by atoms with Gasteiger partial charge in [0.05, 0.1) is 0 Å². The Morgan fingerprint density at radius 2 is 1.55 bits per heavy atom. The summed E-state index contributed by atoms with van der Waals surface area (Å²) in [5.74, 6) is 3.74. The maximum atomic E-state index is 2.62. The molecule has 0 heterocycles. The summed E-state index contributed by atoms with van der Waals surface area (Å²) < 4.78 is 0. The van der Waals surface area contributed by atoms with E-state index in [2.05, 4.69) is 85.7 Å². The molecule has 1 fully saturated rings. The zero-order chi connectivity index (χ0) is 24.2. The molecular weight excluding hydrogens is 396 g/mol. The molecule has 1 saturated carbocycles. The predicted octanol–water partition coefficient (Wildman–Crippen LogP) is 10.4. The fourth-order valence-electron chi connectivity index (χ4n) is 6.38. The van der Waals surface area contributed by atoms with Gasteiger partial charge in [-0.3, -0.25) is 0 Å². The second kappa shape index (κ2) is 11.4. The number of rotatable bonds is 9. The number of hydrogen-bond donors (Lipinski definition) is 0. The second-order valence-corrected chi connectivity index (χ2v) is 13.2. The lowest BCUT2D eigenvalue weighted by Gasteiger charge is -2.34. The molecule has 3 rings (SSSR count). The Balaban J connectivity index is 1.97. The van der Waals surface area contributed by atoms with Crippen molar-refractivity contribution in [3.8, 4) is 0 Å². The summed E-state index contributed by atoms with van der Waals surface area (Å²) in [5, 5.41) is 0. The van der Waals surface area contributed by atoms with Crippen molar-refractivity contribution in [3.63, 3.8) is 0 Å². The van der Waals surface area contributed by atoms with Crippen LogP contribution >= 0.6 is 0 Å². The third-order valence-corrected chi connectivity index (χ3v) is 8.13. The molecule has 33 heavy (non-hydrogen) atoms. The summed E-state index contributed by atoms with van der Waals surface area (Å²) in [6.45, 7) is 19.0. The normalized spacial score (nSPS) is 19.7. The lowest BCUT2D eigenvalue weighted by Crippen LogP contribution is -2.20. The highest BCUT2D eigenvalue weighted by atomic mass is 14.3. The van der Waals surface area contributed by atoms with E-state index in [1.807, 2.05) is 0 Å². The van der Waals surface area contributed by atoms with Crippen molar-refractivity contribution in [2.45, 2.75) is 125 Å². The minimum Gasteiger partial charge on any atom is -0.0767 e. The molecule has 0 aliphatic heterocycles. The first-order valence-corrected chi connectivity index (χ1v) is 14.1. The highest BCUT2D eigenvalue weighted by Crippen LogP contribution is 2.43. The van der Waals surface area contributed by atoms with Crippen molar-refractivity contribution in [2.24, 2.45) is 23.2 Å². The zero-order valence-electron chi connectivity index (χ0n) is 23.1. The number of benzene rings is 1. The molecule has 2 atom stereocenters. The van der Waals surface area contributed by atoms with Crippen LogP contribution < -0.4 is 0 Å².